The van der Waals surface area contributed by atoms with Crippen molar-refractivity contribution >= 4 is 11.6 Å². The van der Waals surface area contributed by atoms with E-state index in [2.05, 4.69) is 10.2 Å². The number of carbonyl (C=O) groups is 1. The van der Waals surface area contributed by atoms with Crippen molar-refractivity contribution < 1.29 is 9.53 Å². The number of nitrogen functional groups attached to an aromatic ring is 1. The fourth-order valence-electron chi connectivity index (χ4n) is 1.35. The highest BCUT2D eigenvalue weighted by atomic mass is 16.5. The van der Waals surface area contributed by atoms with Gasteiger partial charge in [-0.25, -0.2) is 0 Å². The molecule has 0 saturated carbocycles. The number of nitrogens with two attached hydrogens (primary N) is 2. The summed E-state index contributed by atoms with van der Waals surface area (Å²) in [6, 6.07) is 8.29. The molecule has 0 spiro atoms. The lowest BCUT2D eigenvalue weighted by Crippen LogP contribution is -2.13. The number of rotatable bonds is 3. The summed E-state index contributed by atoms with van der Waals surface area (Å²) >= 11 is 0. The second-order valence-corrected chi connectivity index (χ2v) is 3.75. The van der Waals surface area contributed by atoms with Gasteiger partial charge in [0.1, 0.15) is 5.75 Å². The first kappa shape index (κ1) is 11.8. The van der Waals surface area contributed by atoms with Crippen LogP contribution < -0.4 is 16.2 Å². The average Bonchev–Trinajstić information content (AvgIpc) is 2.34. The van der Waals surface area contributed by atoms with Crippen LogP contribution in [0.1, 0.15) is 16.1 Å². The third-order valence-electron chi connectivity index (χ3n) is 2.32. The molecule has 0 unspecified atom stereocenters. The van der Waals surface area contributed by atoms with E-state index < -0.39 is 5.91 Å². The van der Waals surface area contributed by atoms with Gasteiger partial charge in [0.05, 0.1) is 0 Å². The molecule has 0 aliphatic carbocycles. The largest absolute Gasteiger partial charge is 0.437 e. The molecule has 0 aliphatic heterocycles. The highest BCUT2D eigenvalue weighted by molar-refractivity contribution is 5.90. The van der Waals surface area contributed by atoms with E-state index in [1.54, 1.807) is 12.1 Å². The monoisotopic (exact) mass is 244 g/mol. The molecule has 0 bridgehead atoms. The zero-order chi connectivity index (χ0) is 13.1. The number of carbonyl (C=O) groups excluding carboxylic acids is 1. The van der Waals surface area contributed by atoms with Crippen LogP contribution in [-0.2, 0) is 0 Å². The zero-order valence-corrected chi connectivity index (χ0v) is 9.75. The Bertz CT molecular complexity index is 581. The highest BCUT2D eigenvalue weighted by Crippen LogP contribution is 2.25. The van der Waals surface area contributed by atoms with Gasteiger partial charge in [-0.15, -0.1) is 10.2 Å². The molecule has 92 valence electrons. The Morgan fingerprint density at radius 1 is 1.22 bits per heavy atom. The average molecular weight is 244 g/mol. The number of benzene rings is 1. The molecule has 0 saturated heterocycles. The number of hydrogen-bond donors (Lipinski definition) is 2. The first-order chi connectivity index (χ1) is 8.56. The normalized spacial score (nSPS) is 10.1. The number of aryl methyl sites for hydroxylation is 1. The molecule has 1 aromatic heterocycles. The van der Waals surface area contributed by atoms with Crippen LogP contribution in [0.5, 0.6) is 11.6 Å². The number of nitrogens with zero attached hydrogens (tertiary/aromatic N) is 2. The van der Waals surface area contributed by atoms with Crippen molar-refractivity contribution in [3.8, 4) is 11.6 Å². The third kappa shape index (κ3) is 2.54. The standard InChI is InChI=1S/C12H12N4O2/c1-7-2-3-8(13)6-10(7)18-11-5-4-9(12(14)17)15-16-11/h2-6H,13H2,1H3,(H2,14,17). The molecular formula is C12H12N4O2. The van der Waals surface area contributed by atoms with Crippen molar-refractivity contribution in [2.24, 2.45) is 5.73 Å². The van der Waals surface area contributed by atoms with Crippen molar-refractivity contribution in [1.82, 2.24) is 10.2 Å². The zero-order valence-electron chi connectivity index (χ0n) is 9.75. The smallest absolute Gasteiger partial charge is 0.269 e. The van der Waals surface area contributed by atoms with Crippen LogP contribution in [0.15, 0.2) is 30.3 Å². The fraction of sp³-hybridized carbons (Fsp3) is 0.0833. The Morgan fingerprint density at radius 3 is 2.61 bits per heavy atom. The van der Waals surface area contributed by atoms with Crippen LogP contribution in [0.2, 0.25) is 0 Å². The maximum atomic E-state index is 10.8. The Hall–Kier alpha value is -2.63. The predicted octanol–water partition coefficient (Wildman–Crippen LogP) is 1.26. The first-order valence-corrected chi connectivity index (χ1v) is 5.24. The molecule has 1 aromatic carbocycles. The maximum absolute atomic E-state index is 10.8. The predicted molar refractivity (Wildman–Crippen MR) is 66.2 cm³/mol. The summed E-state index contributed by atoms with van der Waals surface area (Å²) in [6.07, 6.45) is 0. The van der Waals surface area contributed by atoms with E-state index in [9.17, 15) is 4.79 Å². The van der Waals surface area contributed by atoms with Gasteiger partial charge < -0.3 is 16.2 Å². The second-order valence-electron chi connectivity index (χ2n) is 3.75. The number of anilines is 1. The molecule has 4 N–H and O–H groups in total. The summed E-state index contributed by atoms with van der Waals surface area (Å²) < 4.78 is 5.52. The minimum atomic E-state index is -0.630. The SMILES string of the molecule is Cc1ccc(N)cc1Oc1ccc(C(N)=O)nn1. The highest BCUT2D eigenvalue weighted by Gasteiger charge is 2.06. The Morgan fingerprint density at radius 2 is 2.00 bits per heavy atom. The number of hydrogen-bond acceptors (Lipinski definition) is 5. The fourth-order valence-corrected chi connectivity index (χ4v) is 1.35. The van der Waals surface area contributed by atoms with Crippen molar-refractivity contribution in [2.75, 3.05) is 5.73 Å². The van der Waals surface area contributed by atoms with E-state index in [-0.39, 0.29) is 11.6 Å². The summed E-state index contributed by atoms with van der Waals surface area (Å²) in [5, 5.41) is 7.40. The topological polar surface area (TPSA) is 104 Å². The third-order valence-corrected chi connectivity index (χ3v) is 2.32. The second kappa shape index (κ2) is 4.70. The van der Waals surface area contributed by atoms with Gasteiger partial charge in [-0.1, -0.05) is 6.07 Å². The summed E-state index contributed by atoms with van der Waals surface area (Å²) in [6.45, 7) is 1.89. The summed E-state index contributed by atoms with van der Waals surface area (Å²) in [5.41, 5.74) is 12.3. The lowest BCUT2D eigenvalue weighted by molar-refractivity contribution is 0.0994. The minimum Gasteiger partial charge on any atom is -0.437 e. The molecule has 0 fully saturated rings. The molecule has 6 heteroatoms. The summed E-state index contributed by atoms with van der Waals surface area (Å²) in [5.74, 6) is 0.235. The molecule has 1 amide bonds. The number of aromatic nitrogens is 2. The Balaban J connectivity index is 2.23. The van der Waals surface area contributed by atoms with Crippen molar-refractivity contribution in [3.05, 3.63) is 41.6 Å². The lowest BCUT2D eigenvalue weighted by Gasteiger charge is -2.07. The van der Waals surface area contributed by atoms with Gasteiger partial charge in [0.25, 0.3) is 5.91 Å². The van der Waals surface area contributed by atoms with Crippen molar-refractivity contribution in [2.45, 2.75) is 6.92 Å². The van der Waals surface area contributed by atoms with E-state index >= 15 is 0 Å². The van der Waals surface area contributed by atoms with E-state index in [0.717, 1.165) is 5.56 Å². The summed E-state index contributed by atoms with van der Waals surface area (Å²) in [4.78, 5) is 10.8. The van der Waals surface area contributed by atoms with Crippen LogP contribution in [0, 0.1) is 6.92 Å². The first-order valence-electron chi connectivity index (χ1n) is 5.24. The van der Waals surface area contributed by atoms with Gasteiger partial charge in [0, 0.05) is 17.8 Å². The van der Waals surface area contributed by atoms with Gasteiger partial charge in [0.15, 0.2) is 5.69 Å². The van der Waals surface area contributed by atoms with Crippen LogP contribution in [0.4, 0.5) is 5.69 Å². The molecule has 2 aromatic rings. The van der Waals surface area contributed by atoms with Crippen LogP contribution >= 0.6 is 0 Å². The van der Waals surface area contributed by atoms with E-state index in [1.807, 2.05) is 13.0 Å². The van der Waals surface area contributed by atoms with Gasteiger partial charge in [0.2, 0.25) is 5.88 Å². The van der Waals surface area contributed by atoms with E-state index in [0.29, 0.717) is 11.4 Å². The van der Waals surface area contributed by atoms with Crippen molar-refractivity contribution in [1.29, 1.82) is 0 Å². The van der Waals surface area contributed by atoms with Gasteiger partial charge in [-0.2, -0.15) is 0 Å². The number of ether oxygens (including phenoxy) is 1. The quantitative estimate of drug-likeness (QED) is 0.791. The number of amides is 1. The van der Waals surface area contributed by atoms with E-state index in [1.165, 1.54) is 12.1 Å². The van der Waals surface area contributed by atoms with Crippen LogP contribution in [0.3, 0.4) is 0 Å². The summed E-state index contributed by atoms with van der Waals surface area (Å²) in [7, 11) is 0. The Labute approximate surface area is 104 Å². The van der Waals surface area contributed by atoms with E-state index in [4.69, 9.17) is 16.2 Å². The van der Waals surface area contributed by atoms with Crippen LogP contribution in [0.25, 0.3) is 0 Å². The molecule has 0 atom stereocenters. The number of primary amides is 1. The van der Waals surface area contributed by atoms with Gasteiger partial charge in [-0.3, -0.25) is 4.79 Å². The van der Waals surface area contributed by atoms with Gasteiger partial charge in [-0.05, 0) is 24.6 Å². The molecule has 1 heterocycles. The molecule has 6 nitrogen and oxygen atoms in total. The Kier molecular flexibility index (Phi) is 3.09. The molecule has 2 rings (SSSR count). The molecule has 18 heavy (non-hydrogen) atoms. The molecule has 0 radical (unpaired) electrons. The lowest BCUT2D eigenvalue weighted by atomic mass is 10.2. The maximum Gasteiger partial charge on any atom is 0.269 e. The molecule has 0 aliphatic rings. The minimum absolute atomic E-state index is 0.0895. The molecular weight excluding hydrogens is 232 g/mol. The van der Waals surface area contributed by atoms with Crippen molar-refractivity contribution in [3.63, 3.8) is 0 Å². The van der Waals surface area contributed by atoms with Crippen LogP contribution in [-0.4, -0.2) is 16.1 Å². The van der Waals surface area contributed by atoms with Gasteiger partial charge >= 0.3 is 0 Å².